The van der Waals surface area contributed by atoms with Gasteiger partial charge in [-0.2, -0.15) is 0 Å². The number of benzene rings is 2. The molecule has 170 valence electrons. The van der Waals surface area contributed by atoms with Gasteiger partial charge in [0.15, 0.2) is 17.5 Å². The van der Waals surface area contributed by atoms with E-state index in [4.69, 9.17) is 14.2 Å². The van der Waals surface area contributed by atoms with Crippen LogP contribution in [0.15, 0.2) is 53.9 Å². The van der Waals surface area contributed by atoms with Crippen molar-refractivity contribution < 1.29 is 28.6 Å². The maximum atomic E-state index is 12.5. The van der Waals surface area contributed by atoms with E-state index in [9.17, 15) is 14.4 Å². The molecule has 0 unspecified atom stereocenters. The topological polar surface area (TPSA) is 95.0 Å². The molecule has 1 aliphatic rings. The van der Waals surface area contributed by atoms with E-state index in [1.54, 1.807) is 31.4 Å². The first-order chi connectivity index (χ1) is 16.0. The Balaban J connectivity index is 1.36. The first kappa shape index (κ1) is 22.5. The Bertz CT molecular complexity index is 1170. The highest BCUT2D eigenvalue weighted by molar-refractivity contribution is 7.14. The lowest BCUT2D eigenvalue weighted by molar-refractivity contribution is -0.147. The van der Waals surface area contributed by atoms with Crippen molar-refractivity contribution in [3.8, 4) is 22.8 Å². The summed E-state index contributed by atoms with van der Waals surface area (Å²) >= 11 is 1.33. The molecule has 1 atom stereocenters. The third-order valence-electron chi connectivity index (χ3n) is 5.30. The predicted octanol–water partition coefficient (Wildman–Crippen LogP) is 3.61. The summed E-state index contributed by atoms with van der Waals surface area (Å²) in [5.74, 6) is -0.404. The summed E-state index contributed by atoms with van der Waals surface area (Å²) in [6.45, 7) is -0.216. The summed E-state index contributed by atoms with van der Waals surface area (Å²) < 4.78 is 15.5. The molecular weight excluding hydrogens is 444 g/mol. The number of methoxy groups -OCH3 is 2. The second kappa shape index (κ2) is 9.83. The molecule has 3 aromatic rings. The van der Waals surface area contributed by atoms with E-state index >= 15 is 0 Å². The molecular formula is C24H22N2O6S. The van der Waals surface area contributed by atoms with Gasteiger partial charge in [0.2, 0.25) is 5.91 Å². The van der Waals surface area contributed by atoms with Gasteiger partial charge in [0, 0.05) is 29.5 Å². The zero-order chi connectivity index (χ0) is 23.4. The van der Waals surface area contributed by atoms with Gasteiger partial charge in [0.1, 0.15) is 11.5 Å². The number of ketones is 1. The van der Waals surface area contributed by atoms with E-state index in [0.717, 1.165) is 11.3 Å². The third kappa shape index (κ3) is 5.04. The Hall–Kier alpha value is -3.72. The van der Waals surface area contributed by atoms with E-state index in [2.05, 4.69) is 4.98 Å². The number of Topliss-reactive ketones (excluding diaryl/α,β-unsaturated/α-hetero) is 1. The van der Waals surface area contributed by atoms with E-state index in [-0.39, 0.29) is 31.3 Å². The zero-order valence-corrected chi connectivity index (χ0v) is 19.0. The number of thiazole rings is 1. The molecule has 0 aliphatic carbocycles. The van der Waals surface area contributed by atoms with Gasteiger partial charge >= 0.3 is 5.97 Å². The number of nitrogens with zero attached hydrogens (tertiary/aromatic N) is 2. The van der Waals surface area contributed by atoms with E-state index in [1.165, 1.54) is 23.3 Å². The molecule has 33 heavy (non-hydrogen) atoms. The average molecular weight is 467 g/mol. The SMILES string of the molecule is COc1ccc(C(=O)COC(=O)[C@H]2CC(=O)N(c3nc(-c4cccc(OC)c4)cs3)C2)cc1. The Morgan fingerprint density at radius 3 is 2.58 bits per heavy atom. The molecule has 0 saturated carbocycles. The van der Waals surface area contributed by atoms with Crippen LogP contribution in [0.25, 0.3) is 11.3 Å². The fourth-order valence-corrected chi connectivity index (χ4v) is 4.33. The number of carbonyl (C=O) groups excluding carboxylic acids is 3. The van der Waals surface area contributed by atoms with Crippen LogP contribution in [0.2, 0.25) is 0 Å². The summed E-state index contributed by atoms with van der Waals surface area (Å²) in [5.41, 5.74) is 2.01. The van der Waals surface area contributed by atoms with Crippen LogP contribution in [-0.2, 0) is 14.3 Å². The summed E-state index contributed by atoms with van der Waals surface area (Å²) in [7, 11) is 3.13. The Kier molecular flexibility index (Phi) is 6.69. The molecule has 0 spiro atoms. The molecule has 0 bridgehead atoms. The highest BCUT2D eigenvalue weighted by Gasteiger charge is 2.37. The molecule has 1 fully saturated rings. The summed E-state index contributed by atoms with van der Waals surface area (Å²) in [6.07, 6.45) is 0.0175. The molecule has 2 aromatic carbocycles. The number of carbonyl (C=O) groups is 3. The Morgan fingerprint density at radius 1 is 1.09 bits per heavy atom. The quantitative estimate of drug-likeness (QED) is 0.370. The zero-order valence-electron chi connectivity index (χ0n) is 18.1. The number of amides is 1. The predicted molar refractivity (Wildman–Crippen MR) is 123 cm³/mol. The lowest BCUT2D eigenvalue weighted by Crippen LogP contribution is -2.27. The minimum atomic E-state index is -0.648. The highest BCUT2D eigenvalue weighted by atomic mass is 32.1. The molecule has 9 heteroatoms. The largest absolute Gasteiger partial charge is 0.497 e. The van der Waals surface area contributed by atoms with Gasteiger partial charge in [-0.1, -0.05) is 12.1 Å². The lowest BCUT2D eigenvalue weighted by atomic mass is 10.1. The number of rotatable bonds is 8. The second-order valence-corrected chi connectivity index (χ2v) is 8.25. The first-order valence-corrected chi connectivity index (χ1v) is 11.1. The van der Waals surface area contributed by atoms with Crippen molar-refractivity contribution in [1.29, 1.82) is 0 Å². The van der Waals surface area contributed by atoms with Crippen molar-refractivity contribution in [3.05, 3.63) is 59.5 Å². The van der Waals surface area contributed by atoms with Gasteiger partial charge in [-0.3, -0.25) is 19.3 Å². The summed E-state index contributed by atoms with van der Waals surface area (Å²) in [5, 5.41) is 2.37. The van der Waals surface area contributed by atoms with Crippen molar-refractivity contribution in [2.24, 2.45) is 5.92 Å². The summed E-state index contributed by atoms with van der Waals surface area (Å²) in [6, 6.07) is 14.0. The van der Waals surface area contributed by atoms with E-state index in [0.29, 0.717) is 22.2 Å². The van der Waals surface area contributed by atoms with Crippen LogP contribution >= 0.6 is 11.3 Å². The van der Waals surface area contributed by atoms with Gasteiger partial charge in [-0.05, 0) is 36.4 Å². The highest BCUT2D eigenvalue weighted by Crippen LogP contribution is 2.33. The van der Waals surface area contributed by atoms with Gasteiger partial charge < -0.3 is 14.2 Å². The van der Waals surface area contributed by atoms with Crippen LogP contribution in [0.5, 0.6) is 11.5 Å². The van der Waals surface area contributed by atoms with Crippen LogP contribution < -0.4 is 14.4 Å². The van der Waals surface area contributed by atoms with Gasteiger partial charge in [-0.15, -0.1) is 11.3 Å². The minimum absolute atomic E-state index is 0.0175. The van der Waals surface area contributed by atoms with Crippen LogP contribution in [0, 0.1) is 5.92 Å². The fourth-order valence-electron chi connectivity index (χ4n) is 3.47. The van der Waals surface area contributed by atoms with Crippen molar-refractivity contribution >= 4 is 34.1 Å². The number of aromatic nitrogens is 1. The first-order valence-electron chi connectivity index (χ1n) is 10.2. The number of hydrogen-bond acceptors (Lipinski definition) is 8. The van der Waals surface area contributed by atoms with Crippen molar-refractivity contribution in [1.82, 2.24) is 4.98 Å². The van der Waals surface area contributed by atoms with Crippen LogP contribution in [-0.4, -0.2) is 50.0 Å². The van der Waals surface area contributed by atoms with E-state index in [1.807, 2.05) is 29.6 Å². The molecule has 8 nitrogen and oxygen atoms in total. The molecule has 0 N–H and O–H groups in total. The van der Waals surface area contributed by atoms with Gasteiger partial charge in [0.25, 0.3) is 0 Å². The number of hydrogen-bond donors (Lipinski definition) is 0. The maximum absolute atomic E-state index is 12.5. The fraction of sp³-hybridized carbons (Fsp3) is 0.250. The van der Waals surface area contributed by atoms with Crippen molar-refractivity contribution in [2.45, 2.75) is 6.42 Å². The number of esters is 1. The van der Waals surface area contributed by atoms with Crippen molar-refractivity contribution in [3.63, 3.8) is 0 Å². The molecule has 0 radical (unpaired) electrons. The van der Waals surface area contributed by atoms with Gasteiger partial charge in [0.05, 0.1) is 25.8 Å². The molecule has 1 aliphatic heterocycles. The molecule has 4 rings (SSSR count). The molecule has 1 amide bonds. The van der Waals surface area contributed by atoms with Crippen LogP contribution in [0.4, 0.5) is 5.13 Å². The Labute approximate surface area is 194 Å². The average Bonchev–Trinajstić information content (AvgIpc) is 3.49. The lowest BCUT2D eigenvalue weighted by Gasteiger charge is -2.13. The Morgan fingerprint density at radius 2 is 1.85 bits per heavy atom. The smallest absolute Gasteiger partial charge is 0.311 e. The van der Waals surface area contributed by atoms with Crippen LogP contribution in [0.3, 0.4) is 0 Å². The maximum Gasteiger partial charge on any atom is 0.311 e. The van der Waals surface area contributed by atoms with Crippen LogP contribution in [0.1, 0.15) is 16.8 Å². The molecule has 1 aromatic heterocycles. The minimum Gasteiger partial charge on any atom is -0.497 e. The summed E-state index contributed by atoms with van der Waals surface area (Å²) in [4.78, 5) is 43.4. The third-order valence-corrected chi connectivity index (χ3v) is 6.17. The van der Waals surface area contributed by atoms with E-state index < -0.39 is 11.9 Å². The molecule has 2 heterocycles. The second-order valence-electron chi connectivity index (χ2n) is 7.41. The monoisotopic (exact) mass is 466 g/mol. The van der Waals surface area contributed by atoms with Crippen molar-refractivity contribution in [2.75, 3.05) is 32.3 Å². The van der Waals surface area contributed by atoms with Gasteiger partial charge in [-0.25, -0.2) is 4.98 Å². The number of ether oxygens (including phenoxy) is 3. The number of anilines is 1. The molecule has 1 saturated heterocycles. The normalized spacial score (nSPS) is 15.4. The standard InChI is InChI=1S/C24H22N2O6S/c1-30-18-8-6-15(7-9-18)21(27)13-32-23(29)17-11-22(28)26(12-17)24-25-20(14-33-24)16-4-3-5-19(10-16)31-2/h3-10,14,17H,11-13H2,1-2H3/t17-/m0/s1.